The van der Waals surface area contributed by atoms with Gasteiger partial charge in [-0.15, -0.1) is 0 Å². The molecule has 0 aromatic carbocycles. The Morgan fingerprint density at radius 2 is 2.06 bits per heavy atom. The zero-order valence-corrected chi connectivity index (χ0v) is 9.51. The fraction of sp³-hybridized carbons (Fsp3) is 0.500. The van der Waals surface area contributed by atoms with Crippen molar-refractivity contribution in [3.05, 3.63) is 18.1 Å². The summed E-state index contributed by atoms with van der Waals surface area (Å²) in [5, 5.41) is 18.1. The molecule has 88 valence electrons. The Morgan fingerprint density at radius 1 is 1.44 bits per heavy atom. The van der Waals surface area contributed by atoms with Crippen LogP contribution in [0.3, 0.4) is 0 Å². The van der Waals surface area contributed by atoms with Crippen molar-refractivity contribution in [1.29, 1.82) is 0 Å². The third-order valence-electron chi connectivity index (χ3n) is 1.96. The van der Waals surface area contributed by atoms with Crippen LogP contribution in [0.1, 0.15) is 26.5 Å². The van der Waals surface area contributed by atoms with Crippen molar-refractivity contribution in [2.75, 3.05) is 4.90 Å². The maximum absolute atomic E-state index is 11.1. The Bertz CT molecular complexity index is 387. The molecule has 0 aliphatic rings. The molecule has 16 heavy (non-hydrogen) atoms. The summed E-state index contributed by atoms with van der Waals surface area (Å²) in [4.78, 5) is 20.0. The molecule has 6 heteroatoms. The van der Waals surface area contributed by atoms with Crippen LogP contribution in [0.15, 0.2) is 12.4 Å². The molecule has 1 aromatic heterocycles. The topological polar surface area (TPSA) is 86.6 Å². The van der Waals surface area contributed by atoms with Crippen LogP contribution in [0.4, 0.5) is 10.6 Å². The van der Waals surface area contributed by atoms with Gasteiger partial charge in [0.1, 0.15) is 12.1 Å². The number of aliphatic hydroxyl groups is 1. The molecule has 0 aliphatic heterocycles. The molecule has 1 rings (SSSR count). The van der Waals surface area contributed by atoms with Gasteiger partial charge in [-0.3, -0.25) is 4.90 Å². The number of rotatable bonds is 2. The minimum Gasteiger partial charge on any atom is -0.465 e. The number of carbonyl (C=O) groups is 1. The first-order chi connectivity index (χ1) is 7.36. The molecular formula is C10H15N3O3. The SMILES string of the molecule is CC(C)(C)N(C(=O)O)c1cc(CO)ncn1. The van der Waals surface area contributed by atoms with Gasteiger partial charge in [0.05, 0.1) is 12.3 Å². The Balaban J connectivity index is 3.16. The van der Waals surface area contributed by atoms with E-state index in [4.69, 9.17) is 10.2 Å². The Kier molecular flexibility index (Phi) is 3.44. The van der Waals surface area contributed by atoms with E-state index in [1.165, 1.54) is 12.4 Å². The van der Waals surface area contributed by atoms with Crippen LogP contribution in [0.2, 0.25) is 0 Å². The number of hydrogen-bond acceptors (Lipinski definition) is 4. The highest BCUT2D eigenvalue weighted by atomic mass is 16.4. The molecule has 0 aliphatic carbocycles. The second-order valence-corrected chi connectivity index (χ2v) is 4.31. The molecule has 0 atom stereocenters. The summed E-state index contributed by atoms with van der Waals surface area (Å²) in [5.41, 5.74) is -0.215. The lowest BCUT2D eigenvalue weighted by Gasteiger charge is -2.32. The first-order valence-corrected chi connectivity index (χ1v) is 4.81. The van der Waals surface area contributed by atoms with E-state index in [9.17, 15) is 4.79 Å². The number of aliphatic hydroxyl groups excluding tert-OH is 1. The molecule has 0 saturated carbocycles. The zero-order valence-electron chi connectivity index (χ0n) is 9.51. The van der Waals surface area contributed by atoms with E-state index in [2.05, 4.69) is 9.97 Å². The quantitative estimate of drug-likeness (QED) is 0.791. The smallest absolute Gasteiger partial charge is 0.413 e. The van der Waals surface area contributed by atoms with Crippen LogP contribution in [-0.4, -0.2) is 31.8 Å². The highest BCUT2D eigenvalue weighted by molar-refractivity contribution is 5.86. The fourth-order valence-corrected chi connectivity index (χ4v) is 1.32. The Labute approximate surface area is 93.6 Å². The number of nitrogens with zero attached hydrogens (tertiary/aromatic N) is 3. The maximum Gasteiger partial charge on any atom is 0.413 e. The first kappa shape index (κ1) is 12.4. The van der Waals surface area contributed by atoms with Gasteiger partial charge in [0, 0.05) is 11.6 Å². The average Bonchev–Trinajstić information content (AvgIpc) is 2.15. The van der Waals surface area contributed by atoms with Gasteiger partial charge in [-0.05, 0) is 20.8 Å². The van der Waals surface area contributed by atoms with Crippen molar-refractivity contribution in [3.63, 3.8) is 0 Å². The number of anilines is 1. The van der Waals surface area contributed by atoms with Crippen LogP contribution < -0.4 is 4.90 Å². The predicted molar refractivity (Wildman–Crippen MR) is 58.2 cm³/mol. The summed E-state index contributed by atoms with van der Waals surface area (Å²) in [7, 11) is 0. The van der Waals surface area contributed by atoms with E-state index < -0.39 is 11.6 Å². The van der Waals surface area contributed by atoms with E-state index >= 15 is 0 Å². The second-order valence-electron chi connectivity index (χ2n) is 4.31. The third-order valence-corrected chi connectivity index (χ3v) is 1.96. The Morgan fingerprint density at radius 3 is 2.50 bits per heavy atom. The maximum atomic E-state index is 11.1. The van der Waals surface area contributed by atoms with Gasteiger partial charge in [-0.25, -0.2) is 14.8 Å². The van der Waals surface area contributed by atoms with Crippen LogP contribution >= 0.6 is 0 Å². The summed E-state index contributed by atoms with van der Waals surface area (Å²) < 4.78 is 0. The molecule has 1 aromatic rings. The van der Waals surface area contributed by atoms with Crippen molar-refractivity contribution in [1.82, 2.24) is 9.97 Å². The number of amides is 1. The molecule has 0 radical (unpaired) electrons. The number of carboxylic acid groups (broad SMARTS) is 1. The molecule has 0 fully saturated rings. The lowest BCUT2D eigenvalue weighted by molar-refractivity contribution is 0.195. The minimum atomic E-state index is -1.09. The van der Waals surface area contributed by atoms with E-state index in [1.54, 1.807) is 20.8 Å². The molecule has 1 heterocycles. The van der Waals surface area contributed by atoms with E-state index in [0.29, 0.717) is 5.69 Å². The highest BCUT2D eigenvalue weighted by Gasteiger charge is 2.29. The minimum absolute atomic E-state index is 0.243. The van der Waals surface area contributed by atoms with Crippen molar-refractivity contribution in [2.24, 2.45) is 0 Å². The zero-order chi connectivity index (χ0) is 12.3. The van der Waals surface area contributed by atoms with E-state index in [-0.39, 0.29) is 12.4 Å². The number of hydrogen-bond donors (Lipinski definition) is 2. The van der Waals surface area contributed by atoms with Gasteiger partial charge in [0.15, 0.2) is 0 Å². The molecule has 0 unspecified atom stereocenters. The van der Waals surface area contributed by atoms with Gasteiger partial charge >= 0.3 is 6.09 Å². The van der Waals surface area contributed by atoms with Crippen LogP contribution in [0, 0.1) is 0 Å². The Hall–Kier alpha value is -1.69. The fourth-order valence-electron chi connectivity index (χ4n) is 1.32. The normalized spacial score (nSPS) is 11.2. The number of aromatic nitrogens is 2. The molecule has 6 nitrogen and oxygen atoms in total. The van der Waals surface area contributed by atoms with Gasteiger partial charge in [-0.2, -0.15) is 0 Å². The molecule has 2 N–H and O–H groups in total. The van der Waals surface area contributed by atoms with Crippen LogP contribution in [0.5, 0.6) is 0 Å². The highest BCUT2D eigenvalue weighted by Crippen LogP contribution is 2.21. The average molecular weight is 225 g/mol. The van der Waals surface area contributed by atoms with Gasteiger partial charge in [0.2, 0.25) is 0 Å². The molecule has 0 spiro atoms. The summed E-state index contributed by atoms with van der Waals surface area (Å²) >= 11 is 0. The standard InChI is InChI=1S/C10H15N3O3/c1-10(2,3)13(9(15)16)8-4-7(5-14)11-6-12-8/h4,6,14H,5H2,1-3H3,(H,15,16). The summed E-state index contributed by atoms with van der Waals surface area (Å²) in [6.07, 6.45) is 0.151. The largest absolute Gasteiger partial charge is 0.465 e. The van der Waals surface area contributed by atoms with Crippen molar-refractivity contribution >= 4 is 11.9 Å². The second kappa shape index (κ2) is 4.44. The van der Waals surface area contributed by atoms with Crippen molar-refractivity contribution in [2.45, 2.75) is 32.9 Å². The van der Waals surface area contributed by atoms with Crippen LogP contribution in [-0.2, 0) is 6.61 Å². The van der Waals surface area contributed by atoms with Crippen LogP contribution in [0.25, 0.3) is 0 Å². The van der Waals surface area contributed by atoms with Crippen molar-refractivity contribution in [3.8, 4) is 0 Å². The third kappa shape index (κ3) is 2.66. The summed E-state index contributed by atoms with van der Waals surface area (Å²) in [5.74, 6) is 0.263. The first-order valence-electron chi connectivity index (χ1n) is 4.81. The van der Waals surface area contributed by atoms with E-state index in [1.807, 2.05) is 0 Å². The van der Waals surface area contributed by atoms with Crippen molar-refractivity contribution < 1.29 is 15.0 Å². The summed E-state index contributed by atoms with van der Waals surface area (Å²) in [6, 6.07) is 1.46. The monoisotopic (exact) mass is 225 g/mol. The lowest BCUT2D eigenvalue weighted by Crippen LogP contribution is -2.45. The van der Waals surface area contributed by atoms with Gasteiger partial charge in [-0.1, -0.05) is 0 Å². The van der Waals surface area contributed by atoms with Gasteiger partial charge in [0.25, 0.3) is 0 Å². The van der Waals surface area contributed by atoms with E-state index in [0.717, 1.165) is 4.90 Å². The summed E-state index contributed by atoms with van der Waals surface area (Å²) in [6.45, 7) is 5.05. The predicted octanol–water partition coefficient (Wildman–Crippen LogP) is 1.25. The molecule has 0 bridgehead atoms. The van der Waals surface area contributed by atoms with Gasteiger partial charge < -0.3 is 10.2 Å². The molecule has 1 amide bonds. The molecule has 0 saturated heterocycles. The lowest BCUT2D eigenvalue weighted by atomic mass is 10.1. The molecular weight excluding hydrogens is 210 g/mol.